The quantitative estimate of drug-likeness (QED) is 0.841. The second-order valence-corrected chi connectivity index (χ2v) is 7.20. The highest BCUT2D eigenvalue weighted by Crippen LogP contribution is 2.16. The van der Waals surface area contributed by atoms with Gasteiger partial charge in [-0.25, -0.2) is 0 Å². The molecule has 0 aromatic heterocycles. The van der Waals surface area contributed by atoms with E-state index in [4.69, 9.17) is 0 Å². The number of amides is 3. The summed E-state index contributed by atoms with van der Waals surface area (Å²) in [7, 11) is 0. The molecule has 2 N–H and O–H groups in total. The first kappa shape index (κ1) is 18.4. The van der Waals surface area contributed by atoms with Gasteiger partial charge in [-0.15, -0.1) is 0 Å². The van der Waals surface area contributed by atoms with Crippen LogP contribution < -0.4 is 10.6 Å². The third kappa shape index (κ3) is 4.42. The van der Waals surface area contributed by atoms with Gasteiger partial charge in [-0.2, -0.15) is 0 Å². The fourth-order valence-corrected chi connectivity index (χ4v) is 3.65. The summed E-state index contributed by atoms with van der Waals surface area (Å²) in [5.41, 5.74) is 1.93. The van der Waals surface area contributed by atoms with E-state index in [1.165, 1.54) is 5.56 Å². The van der Waals surface area contributed by atoms with Crippen LogP contribution in [0.2, 0.25) is 0 Å². The van der Waals surface area contributed by atoms with Gasteiger partial charge in [-0.05, 0) is 43.4 Å². The van der Waals surface area contributed by atoms with Crippen LogP contribution in [0.1, 0.15) is 54.9 Å². The molecule has 3 amide bonds. The van der Waals surface area contributed by atoms with Crippen molar-refractivity contribution in [2.45, 2.75) is 57.5 Å². The van der Waals surface area contributed by atoms with E-state index in [9.17, 15) is 14.4 Å². The summed E-state index contributed by atoms with van der Waals surface area (Å²) >= 11 is 0. The maximum Gasteiger partial charge on any atom is 0.253 e. The van der Waals surface area contributed by atoms with Crippen LogP contribution in [0.3, 0.4) is 0 Å². The van der Waals surface area contributed by atoms with Crippen molar-refractivity contribution in [1.29, 1.82) is 0 Å². The van der Waals surface area contributed by atoms with Crippen molar-refractivity contribution in [2.75, 3.05) is 13.1 Å². The Morgan fingerprint density at radius 2 is 2.00 bits per heavy atom. The Morgan fingerprint density at radius 3 is 2.69 bits per heavy atom. The summed E-state index contributed by atoms with van der Waals surface area (Å²) in [5.74, 6) is -0.191. The number of piperidine rings is 1. The maximum absolute atomic E-state index is 12.6. The van der Waals surface area contributed by atoms with Crippen LogP contribution in [0.25, 0.3) is 0 Å². The van der Waals surface area contributed by atoms with E-state index in [1.54, 1.807) is 4.90 Å². The molecule has 0 bridgehead atoms. The average molecular weight is 357 g/mol. The number of rotatable bonds is 5. The lowest BCUT2D eigenvalue weighted by molar-refractivity contribution is -0.131. The van der Waals surface area contributed by atoms with Crippen molar-refractivity contribution in [3.05, 3.63) is 35.4 Å². The zero-order valence-corrected chi connectivity index (χ0v) is 15.3. The minimum atomic E-state index is -0.438. The molecular formula is C20H27N3O3. The lowest BCUT2D eigenvalue weighted by atomic mass is 10.0. The van der Waals surface area contributed by atoms with Gasteiger partial charge in [0, 0.05) is 31.1 Å². The Morgan fingerprint density at radius 1 is 1.23 bits per heavy atom. The summed E-state index contributed by atoms with van der Waals surface area (Å²) in [4.78, 5) is 38.2. The predicted octanol–water partition coefficient (Wildman–Crippen LogP) is 1.64. The van der Waals surface area contributed by atoms with Crippen molar-refractivity contribution in [1.82, 2.24) is 15.5 Å². The lowest BCUT2D eigenvalue weighted by Gasteiger charge is -2.24. The predicted molar refractivity (Wildman–Crippen MR) is 98.7 cm³/mol. The fraction of sp³-hybridized carbons (Fsp3) is 0.550. The normalized spacial score (nSPS) is 22.8. The van der Waals surface area contributed by atoms with Gasteiger partial charge >= 0.3 is 0 Å². The molecule has 2 aliphatic heterocycles. The largest absolute Gasteiger partial charge is 0.350 e. The van der Waals surface area contributed by atoms with E-state index in [1.807, 2.05) is 24.3 Å². The molecule has 2 heterocycles. The molecule has 2 aliphatic rings. The van der Waals surface area contributed by atoms with Crippen molar-refractivity contribution in [3.8, 4) is 0 Å². The van der Waals surface area contributed by atoms with E-state index in [2.05, 4.69) is 17.6 Å². The second kappa shape index (κ2) is 8.34. The molecule has 1 aromatic carbocycles. The number of likely N-dealkylation sites (tertiary alicyclic amines) is 1. The maximum atomic E-state index is 12.6. The molecule has 6 heteroatoms. The summed E-state index contributed by atoms with van der Waals surface area (Å²) in [6.45, 7) is 3.29. The molecule has 1 aromatic rings. The van der Waals surface area contributed by atoms with Gasteiger partial charge in [0.2, 0.25) is 11.8 Å². The van der Waals surface area contributed by atoms with E-state index in [0.717, 1.165) is 25.7 Å². The van der Waals surface area contributed by atoms with Gasteiger partial charge in [-0.3, -0.25) is 14.4 Å². The monoisotopic (exact) mass is 357 g/mol. The SMILES string of the molecule is CCCc1ccc(C(=O)N2CC[C@H](NC(=O)[C@H]3CCCC(=O)N3)C2)cc1. The van der Waals surface area contributed by atoms with Crippen LogP contribution in [0.15, 0.2) is 24.3 Å². The topological polar surface area (TPSA) is 78.5 Å². The number of carbonyl (C=O) groups is 3. The third-order valence-electron chi connectivity index (χ3n) is 5.11. The Labute approximate surface area is 154 Å². The van der Waals surface area contributed by atoms with Crippen molar-refractivity contribution in [3.63, 3.8) is 0 Å². The summed E-state index contributed by atoms with van der Waals surface area (Å²) < 4.78 is 0. The molecule has 2 saturated heterocycles. The minimum absolute atomic E-state index is 0.00997. The number of benzene rings is 1. The van der Waals surface area contributed by atoms with Crippen molar-refractivity contribution < 1.29 is 14.4 Å². The van der Waals surface area contributed by atoms with Crippen LogP contribution in [-0.2, 0) is 16.0 Å². The minimum Gasteiger partial charge on any atom is -0.350 e. The molecule has 0 radical (unpaired) electrons. The highest BCUT2D eigenvalue weighted by molar-refractivity contribution is 5.94. The summed E-state index contributed by atoms with van der Waals surface area (Å²) in [6.07, 6.45) is 4.76. The molecule has 2 fully saturated rings. The van der Waals surface area contributed by atoms with E-state index in [0.29, 0.717) is 31.5 Å². The number of aryl methyl sites for hydroxylation is 1. The van der Waals surface area contributed by atoms with Gasteiger partial charge < -0.3 is 15.5 Å². The number of carbonyl (C=O) groups excluding carboxylic acids is 3. The molecule has 26 heavy (non-hydrogen) atoms. The number of hydrogen-bond donors (Lipinski definition) is 2. The van der Waals surface area contributed by atoms with Crippen LogP contribution in [-0.4, -0.2) is 47.8 Å². The van der Waals surface area contributed by atoms with E-state index in [-0.39, 0.29) is 23.8 Å². The molecule has 0 unspecified atom stereocenters. The molecule has 6 nitrogen and oxygen atoms in total. The Hall–Kier alpha value is -2.37. The van der Waals surface area contributed by atoms with Crippen LogP contribution in [0, 0.1) is 0 Å². The van der Waals surface area contributed by atoms with Crippen molar-refractivity contribution >= 4 is 17.7 Å². The Kier molecular flexibility index (Phi) is 5.91. The van der Waals surface area contributed by atoms with Crippen molar-refractivity contribution in [2.24, 2.45) is 0 Å². The zero-order valence-electron chi connectivity index (χ0n) is 15.3. The highest BCUT2D eigenvalue weighted by Gasteiger charge is 2.31. The second-order valence-electron chi connectivity index (χ2n) is 7.20. The highest BCUT2D eigenvalue weighted by atomic mass is 16.2. The summed E-state index contributed by atoms with van der Waals surface area (Å²) in [6, 6.07) is 7.31. The fourth-order valence-electron chi connectivity index (χ4n) is 3.65. The van der Waals surface area contributed by atoms with E-state index < -0.39 is 6.04 Å². The Balaban J connectivity index is 1.52. The molecule has 0 spiro atoms. The molecule has 2 atom stereocenters. The zero-order chi connectivity index (χ0) is 18.5. The molecular weight excluding hydrogens is 330 g/mol. The first-order valence-electron chi connectivity index (χ1n) is 9.54. The Bertz CT molecular complexity index is 671. The van der Waals surface area contributed by atoms with Crippen LogP contribution in [0.5, 0.6) is 0 Å². The van der Waals surface area contributed by atoms with Gasteiger partial charge in [0.25, 0.3) is 5.91 Å². The first-order valence-corrected chi connectivity index (χ1v) is 9.54. The van der Waals surface area contributed by atoms with Crippen LogP contribution >= 0.6 is 0 Å². The van der Waals surface area contributed by atoms with Gasteiger partial charge in [0.1, 0.15) is 6.04 Å². The van der Waals surface area contributed by atoms with Gasteiger partial charge in [-0.1, -0.05) is 25.5 Å². The number of hydrogen-bond acceptors (Lipinski definition) is 3. The first-order chi connectivity index (χ1) is 12.6. The third-order valence-corrected chi connectivity index (χ3v) is 5.11. The molecule has 0 saturated carbocycles. The molecule has 0 aliphatic carbocycles. The molecule has 140 valence electrons. The van der Waals surface area contributed by atoms with Gasteiger partial charge in [0.05, 0.1) is 0 Å². The number of nitrogens with one attached hydrogen (secondary N) is 2. The summed E-state index contributed by atoms with van der Waals surface area (Å²) in [5, 5.41) is 5.72. The standard InChI is InChI=1S/C20H27N3O3/c1-2-4-14-7-9-15(10-8-14)20(26)23-12-11-16(13-23)21-19(25)17-5-3-6-18(24)22-17/h7-10,16-17H,2-6,11-13H2,1H3,(H,21,25)(H,22,24)/t16-,17+/m0/s1. The molecule has 3 rings (SSSR count). The number of nitrogens with zero attached hydrogens (tertiary/aromatic N) is 1. The van der Waals surface area contributed by atoms with E-state index >= 15 is 0 Å². The smallest absolute Gasteiger partial charge is 0.253 e. The van der Waals surface area contributed by atoms with Gasteiger partial charge in [0.15, 0.2) is 0 Å². The van der Waals surface area contributed by atoms with Crippen LogP contribution in [0.4, 0.5) is 0 Å². The lowest BCUT2D eigenvalue weighted by Crippen LogP contribution is -2.52. The average Bonchev–Trinajstić information content (AvgIpc) is 3.10.